The molecule has 0 spiro atoms. The van der Waals surface area contributed by atoms with Gasteiger partial charge in [-0.05, 0) is 31.2 Å². The molecule has 2 saturated heterocycles. The van der Waals surface area contributed by atoms with Gasteiger partial charge in [0.1, 0.15) is 0 Å². The second-order valence-corrected chi connectivity index (χ2v) is 9.90. The van der Waals surface area contributed by atoms with Gasteiger partial charge in [-0.15, -0.1) is 0 Å². The minimum atomic E-state index is -0.321. The van der Waals surface area contributed by atoms with E-state index in [9.17, 15) is 19.5 Å². The average Bonchev–Trinajstić information content (AvgIpc) is 2.89. The summed E-state index contributed by atoms with van der Waals surface area (Å²) in [4.78, 5) is 44.0. The number of fused-ring (bicyclic) bond motifs is 4. The molecule has 1 aromatic rings. The first kappa shape index (κ1) is 20.7. The number of piperidine rings is 1. The molecule has 1 saturated carbocycles. The van der Waals surface area contributed by atoms with E-state index in [-0.39, 0.29) is 35.3 Å². The third-order valence-corrected chi connectivity index (χ3v) is 7.67. The molecule has 8 heteroatoms. The van der Waals surface area contributed by atoms with Gasteiger partial charge in [-0.1, -0.05) is 6.07 Å². The van der Waals surface area contributed by atoms with E-state index in [4.69, 9.17) is 0 Å². The van der Waals surface area contributed by atoms with Crippen molar-refractivity contribution in [1.82, 2.24) is 19.3 Å². The van der Waals surface area contributed by atoms with Gasteiger partial charge in [0.25, 0.3) is 5.56 Å². The van der Waals surface area contributed by atoms with Gasteiger partial charge in [0.15, 0.2) is 0 Å². The standard InChI is InChI=1S/C23H32N4O4/c1-24-6-7-25(5-4-21(24)29)13-16-2-3-20-18-8-15(12-27(20)23(16)31)11-26(14-18)22(30)17-9-19(28)10-17/h2-3,15,17-19,28H,4-14H2,1H3/t15-,17?,18+,19?/m0/s1. The molecule has 2 bridgehead atoms. The number of aliphatic hydroxyl groups is 1. The van der Waals surface area contributed by atoms with Crippen LogP contribution in [0, 0.1) is 11.8 Å². The zero-order valence-corrected chi connectivity index (χ0v) is 18.2. The fourth-order valence-electron chi connectivity index (χ4n) is 5.71. The molecule has 31 heavy (non-hydrogen) atoms. The summed E-state index contributed by atoms with van der Waals surface area (Å²) in [6.07, 6.45) is 2.37. The third kappa shape index (κ3) is 3.91. The van der Waals surface area contributed by atoms with Crippen LogP contribution in [0.5, 0.6) is 0 Å². The predicted molar refractivity (Wildman–Crippen MR) is 114 cm³/mol. The highest BCUT2D eigenvalue weighted by molar-refractivity contribution is 5.80. The number of nitrogens with zero attached hydrogens (tertiary/aromatic N) is 4. The van der Waals surface area contributed by atoms with Crippen LogP contribution in [-0.2, 0) is 22.7 Å². The molecule has 0 radical (unpaired) electrons. The normalized spacial score (nSPS) is 31.1. The van der Waals surface area contributed by atoms with E-state index in [1.807, 2.05) is 22.6 Å². The zero-order valence-electron chi connectivity index (χ0n) is 18.2. The van der Waals surface area contributed by atoms with Gasteiger partial charge >= 0.3 is 0 Å². The van der Waals surface area contributed by atoms with E-state index in [1.165, 1.54) is 0 Å². The van der Waals surface area contributed by atoms with E-state index < -0.39 is 0 Å². The second kappa shape index (κ2) is 8.06. The maximum absolute atomic E-state index is 13.3. The van der Waals surface area contributed by atoms with Crippen LogP contribution in [0.1, 0.15) is 42.9 Å². The first-order chi connectivity index (χ1) is 14.9. The van der Waals surface area contributed by atoms with Crippen LogP contribution in [0.2, 0.25) is 0 Å². The van der Waals surface area contributed by atoms with Crippen molar-refractivity contribution >= 4 is 11.8 Å². The number of aliphatic hydroxyl groups excluding tert-OH is 1. The monoisotopic (exact) mass is 428 g/mol. The van der Waals surface area contributed by atoms with E-state index >= 15 is 0 Å². The van der Waals surface area contributed by atoms with Gasteiger partial charge in [-0.25, -0.2) is 0 Å². The molecular weight excluding hydrogens is 396 g/mol. The summed E-state index contributed by atoms with van der Waals surface area (Å²) in [6, 6.07) is 4.03. The van der Waals surface area contributed by atoms with E-state index in [2.05, 4.69) is 11.0 Å². The molecule has 1 aliphatic carbocycles. The van der Waals surface area contributed by atoms with Crippen LogP contribution < -0.4 is 5.56 Å². The molecule has 2 amide bonds. The highest BCUT2D eigenvalue weighted by atomic mass is 16.3. The zero-order chi connectivity index (χ0) is 21.7. The largest absolute Gasteiger partial charge is 0.393 e. The van der Waals surface area contributed by atoms with Crippen molar-refractivity contribution in [3.8, 4) is 0 Å². The first-order valence-corrected chi connectivity index (χ1v) is 11.5. The summed E-state index contributed by atoms with van der Waals surface area (Å²) < 4.78 is 1.94. The number of likely N-dealkylation sites (tertiary alicyclic amines) is 1. The lowest BCUT2D eigenvalue weighted by Gasteiger charge is -2.45. The van der Waals surface area contributed by atoms with Crippen molar-refractivity contribution in [2.75, 3.05) is 39.8 Å². The van der Waals surface area contributed by atoms with Crippen molar-refractivity contribution in [3.05, 3.63) is 33.7 Å². The Morgan fingerprint density at radius 3 is 2.65 bits per heavy atom. The van der Waals surface area contributed by atoms with Crippen LogP contribution in [0.4, 0.5) is 0 Å². The van der Waals surface area contributed by atoms with Crippen molar-refractivity contribution in [3.63, 3.8) is 0 Å². The molecule has 1 aromatic heterocycles. The highest BCUT2D eigenvalue weighted by Crippen LogP contribution is 2.37. The highest BCUT2D eigenvalue weighted by Gasteiger charge is 2.41. The Hall–Kier alpha value is -2.19. The summed E-state index contributed by atoms with van der Waals surface area (Å²) in [6.45, 7) is 4.77. The lowest BCUT2D eigenvalue weighted by atomic mass is 9.78. The Balaban J connectivity index is 1.31. The topological polar surface area (TPSA) is 86.1 Å². The maximum Gasteiger partial charge on any atom is 0.255 e. The SMILES string of the molecule is CN1CCN(Cc2ccc3n(c2=O)C[C@H]2C[C@@H]3CN(C(=O)C3CC(O)C3)C2)CCC1=O. The molecule has 2 atom stereocenters. The lowest BCUT2D eigenvalue weighted by molar-refractivity contribution is -0.145. The van der Waals surface area contributed by atoms with Gasteiger partial charge in [-0.2, -0.15) is 0 Å². The molecule has 0 aromatic carbocycles. The molecule has 168 valence electrons. The number of pyridine rings is 1. The van der Waals surface area contributed by atoms with Crippen molar-refractivity contribution < 1.29 is 14.7 Å². The average molecular weight is 429 g/mol. The van der Waals surface area contributed by atoms with Gasteiger partial charge in [0.2, 0.25) is 11.8 Å². The van der Waals surface area contributed by atoms with E-state index in [0.29, 0.717) is 64.4 Å². The molecule has 1 N–H and O–H groups in total. The fraction of sp³-hybridized carbons (Fsp3) is 0.696. The number of likely N-dealkylation sites (N-methyl/N-ethyl adjacent to an activating group) is 1. The molecule has 0 unspecified atom stereocenters. The maximum atomic E-state index is 13.3. The molecular formula is C23H32N4O4. The number of hydrogen-bond donors (Lipinski definition) is 1. The molecule has 4 heterocycles. The van der Waals surface area contributed by atoms with Gasteiger partial charge in [-0.3, -0.25) is 19.3 Å². The Labute approximate surface area is 182 Å². The molecule has 3 aliphatic heterocycles. The fourth-order valence-corrected chi connectivity index (χ4v) is 5.71. The number of aromatic nitrogens is 1. The molecule has 3 fully saturated rings. The first-order valence-electron chi connectivity index (χ1n) is 11.5. The summed E-state index contributed by atoms with van der Waals surface area (Å²) in [5, 5.41) is 9.54. The van der Waals surface area contributed by atoms with Gasteiger partial charge in [0, 0.05) is 82.4 Å². The summed E-state index contributed by atoms with van der Waals surface area (Å²) in [5.41, 5.74) is 1.91. The summed E-state index contributed by atoms with van der Waals surface area (Å²) in [7, 11) is 1.83. The number of carbonyl (C=O) groups is 2. The minimum absolute atomic E-state index is 0.0297. The third-order valence-electron chi connectivity index (χ3n) is 7.67. The van der Waals surface area contributed by atoms with Crippen LogP contribution in [-0.4, -0.2) is 82.1 Å². The van der Waals surface area contributed by atoms with E-state index in [0.717, 1.165) is 24.2 Å². The Morgan fingerprint density at radius 1 is 1.06 bits per heavy atom. The molecule has 8 nitrogen and oxygen atoms in total. The minimum Gasteiger partial charge on any atom is -0.393 e. The summed E-state index contributed by atoms with van der Waals surface area (Å²) in [5.74, 6) is 0.810. The van der Waals surface area contributed by atoms with E-state index in [1.54, 1.807) is 4.90 Å². The number of carbonyl (C=O) groups excluding carboxylic acids is 2. The number of rotatable bonds is 3. The van der Waals surface area contributed by atoms with Crippen LogP contribution in [0.25, 0.3) is 0 Å². The smallest absolute Gasteiger partial charge is 0.255 e. The predicted octanol–water partition coefficient (Wildman–Crippen LogP) is 0.229. The number of amides is 2. The lowest BCUT2D eigenvalue weighted by Crippen LogP contribution is -2.52. The van der Waals surface area contributed by atoms with Gasteiger partial charge < -0.3 is 19.5 Å². The quantitative estimate of drug-likeness (QED) is 0.745. The molecule has 5 rings (SSSR count). The number of hydrogen-bond acceptors (Lipinski definition) is 5. The van der Waals surface area contributed by atoms with Gasteiger partial charge in [0.05, 0.1) is 6.10 Å². The Morgan fingerprint density at radius 2 is 1.87 bits per heavy atom. The van der Waals surface area contributed by atoms with Crippen molar-refractivity contribution in [2.45, 2.75) is 50.8 Å². The van der Waals surface area contributed by atoms with Crippen LogP contribution >= 0.6 is 0 Å². The van der Waals surface area contributed by atoms with Crippen molar-refractivity contribution in [1.29, 1.82) is 0 Å². The second-order valence-electron chi connectivity index (χ2n) is 9.90. The molecule has 4 aliphatic rings. The summed E-state index contributed by atoms with van der Waals surface area (Å²) >= 11 is 0. The van der Waals surface area contributed by atoms with Crippen LogP contribution in [0.15, 0.2) is 16.9 Å². The van der Waals surface area contributed by atoms with Crippen molar-refractivity contribution in [2.24, 2.45) is 11.8 Å². The van der Waals surface area contributed by atoms with Crippen LogP contribution in [0.3, 0.4) is 0 Å². The Bertz CT molecular complexity index is 938. The Kier molecular flexibility index (Phi) is 5.38.